The first-order chi connectivity index (χ1) is 9.26. The molecule has 0 saturated heterocycles. The van der Waals surface area contributed by atoms with Crippen molar-refractivity contribution in [3.05, 3.63) is 11.1 Å². The lowest BCUT2D eigenvalue weighted by molar-refractivity contribution is 0.159. The van der Waals surface area contributed by atoms with Crippen molar-refractivity contribution in [2.24, 2.45) is 0 Å². The minimum Gasteiger partial charge on any atom is -0.449 e. The highest BCUT2D eigenvalue weighted by atomic mass is 32.1. The quantitative estimate of drug-likeness (QED) is 0.673. The second-order valence-corrected chi connectivity index (χ2v) is 5.38. The molecule has 1 amide bonds. The van der Waals surface area contributed by atoms with Crippen LogP contribution in [0.4, 0.5) is 9.93 Å². The number of rotatable bonds is 9. The molecule has 0 aliphatic rings. The van der Waals surface area contributed by atoms with Crippen LogP contribution in [0.1, 0.15) is 58.1 Å². The number of aromatic nitrogens is 1. The van der Waals surface area contributed by atoms with Crippen LogP contribution in [0, 0.1) is 0 Å². The maximum absolute atomic E-state index is 11.5. The van der Waals surface area contributed by atoms with Gasteiger partial charge in [-0.1, -0.05) is 46.0 Å². The number of aryl methyl sites for hydroxylation is 1. The number of thiazole rings is 1. The van der Waals surface area contributed by atoms with Gasteiger partial charge < -0.3 is 4.74 Å². The monoisotopic (exact) mass is 284 g/mol. The molecular formula is C14H24N2O2S. The van der Waals surface area contributed by atoms with Crippen LogP contribution in [0.25, 0.3) is 0 Å². The summed E-state index contributed by atoms with van der Waals surface area (Å²) in [6.45, 7) is 4.73. The Morgan fingerprint density at radius 1 is 1.26 bits per heavy atom. The summed E-state index contributed by atoms with van der Waals surface area (Å²) in [7, 11) is 0. The Morgan fingerprint density at radius 2 is 2.00 bits per heavy atom. The van der Waals surface area contributed by atoms with Crippen LogP contribution < -0.4 is 5.32 Å². The third-order valence-electron chi connectivity index (χ3n) is 2.85. The molecule has 0 fully saturated rings. The van der Waals surface area contributed by atoms with Crippen LogP contribution in [0.15, 0.2) is 5.38 Å². The lowest BCUT2D eigenvalue weighted by atomic mass is 10.1. The molecule has 0 saturated carbocycles. The third kappa shape index (κ3) is 7.15. The fraction of sp³-hybridized carbons (Fsp3) is 0.714. The number of carbonyl (C=O) groups is 1. The van der Waals surface area contributed by atoms with Crippen molar-refractivity contribution in [3.8, 4) is 0 Å². The molecule has 0 aliphatic carbocycles. The molecule has 1 aromatic heterocycles. The van der Waals surface area contributed by atoms with Crippen LogP contribution in [0.5, 0.6) is 0 Å². The van der Waals surface area contributed by atoms with Gasteiger partial charge in [0.05, 0.1) is 12.3 Å². The third-order valence-corrected chi connectivity index (χ3v) is 3.66. The first-order valence-electron chi connectivity index (χ1n) is 7.14. The molecule has 0 aliphatic heterocycles. The van der Waals surface area contributed by atoms with E-state index in [9.17, 15) is 4.79 Å². The topological polar surface area (TPSA) is 51.2 Å². The van der Waals surface area contributed by atoms with E-state index < -0.39 is 6.09 Å². The molecule has 108 valence electrons. The van der Waals surface area contributed by atoms with Crippen LogP contribution in [-0.2, 0) is 11.2 Å². The molecule has 1 N–H and O–H groups in total. The van der Waals surface area contributed by atoms with Crippen LogP contribution in [0.2, 0.25) is 0 Å². The first kappa shape index (κ1) is 16.0. The van der Waals surface area contributed by atoms with Gasteiger partial charge in [-0.2, -0.15) is 0 Å². The van der Waals surface area contributed by atoms with Crippen molar-refractivity contribution in [1.82, 2.24) is 4.98 Å². The molecule has 1 aromatic rings. The van der Waals surface area contributed by atoms with Gasteiger partial charge in [-0.3, -0.25) is 5.32 Å². The average Bonchev–Trinajstić information content (AvgIpc) is 2.85. The van der Waals surface area contributed by atoms with E-state index in [-0.39, 0.29) is 0 Å². The lowest BCUT2D eigenvalue weighted by Crippen LogP contribution is -2.14. The highest BCUT2D eigenvalue weighted by molar-refractivity contribution is 7.13. The number of unbranched alkanes of at least 4 members (excludes halogenated alkanes) is 5. The van der Waals surface area contributed by atoms with Crippen molar-refractivity contribution < 1.29 is 9.53 Å². The summed E-state index contributed by atoms with van der Waals surface area (Å²) in [4.78, 5) is 15.7. The molecule has 1 heterocycles. The van der Waals surface area contributed by atoms with E-state index in [1.54, 1.807) is 0 Å². The Hall–Kier alpha value is -1.10. The van der Waals surface area contributed by atoms with Crippen molar-refractivity contribution in [1.29, 1.82) is 0 Å². The Bertz CT molecular complexity index is 366. The molecule has 0 radical (unpaired) electrons. The van der Waals surface area contributed by atoms with E-state index in [4.69, 9.17) is 4.74 Å². The maximum Gasteiger partial charge on any atom is 0.413 e. The largest absolute Gasteiger partial charge is 0.449 e. The van der Waals surface area contributed by atoms with Gasteiger partial charge in [0, 0.05) is 5.38 Å². The Morgan fingerprint density at radius 3 is 2.68 bits per heavy atom. The number of amides is 1. The van der Waals surface area contributed by atoms with Gasteiger partial charge in [0.25, 0.3) is 0 Å². The van der Waals surface area contributed by atoms with Crippen molar-refractivity contribution >= 4 is 22.6 Å². The van der Waals surface area contributed by atoms with Gasteiger partial charge >= 0.3 is 6.09 Å². The van der Waals surface area contributed by atoms with Gasteiger partial charge in [0.2, 0.25) is 0 Å². The standard InChI is InChI=1S/C14H24N2O2S/c1-3-5-6-7-8-9-10-18-14(17)16-13-15-12(4-2)11-19-13/h11H,3-10H2,1-2H3,(H,15,16,17). The highest BCUT2D eigenvalue weighted by Crippen LogP contribution is 2.15. The summed E-state index contributed by atoms with van der Waals surface area (Å²) in [5, 5.41) is 5.22. The van der Waals surface area contributed by atoms with Crippen molar-refractivity contribution in [2.75, 3.05) is 11.9 Å². The smallest absolute Gasteiger partial charge is 0.413 e. The Labute approximate surface area is 119 Å². The van der Waals surface area contributed by atoms with Gasteiger partial charge in [0.15, 0.2) is 5.13 Å². The zero-order valence-corrected chi connectivity index (χ0v) is 12.7. The molecule has 0 unspecified atom stereocenters. The van der Waals surface area contributed by atoms with Crippen LogP contribution in [-0.4, -0.2) is 17.7 Å². The fourth-order valence-electron chi connectivity index (χ4n) is 1.70. The average molecular weight is 284 g/mol. The zero-order chi connectivity index (χ0) is 13.9. The summed E-state index contributed by atoms with van der Waals surface area (Å²) in [5.41, 5.74) is 0.997. The molecule has 0 bridgehead atoms. The summed E-state index contributed by atoms with van der Waals surface area (Å²) in [5.74, 6) is 0. The molecular weight excluding hydrogens is 260 g/mol. The number of hydrogen-bond donors (Lipinski definition) is 1. The van der Waals surface area contributed by atoms with Gasteiger partial charge in [-0.25, -0.2) is 9.78 Å². The molecule has 5 heteroatoms. The first-order valence-corrected chi connectivity index (χ1v) is 8.02. The minimum absolute atomic E-state index is 0.398. The maximum atomic E-state index is 11.5. The van der Waals surface area contributed by atoms with E-state index in [1.807, 2.05) is 12.3 Å². The van der Waals surface area contributed by atoms with E-state index in [0.717, 1.165) is 25.0 Å². The summed E-state index contributed by atoms with van der Waals surface area (Å²) >= 11 is 1.43. The number of nitrogens with zero attached hydrogens (tertiary/aromatic N) is 1. The molecule has 4 nitrogen and oxygen atoms in total. The van der Waals surface area contributed by atoms with Crippen LogP contribution in [0.3, 0.4) is 0 Å². The number of nitrogens with one attached hydrogen (secondary N) is 1. The predicted octanol–water partition coefficient (Wildman–Crippen LogP) is 4.61. The number of carbonyl (C=O) groups excluding carboxylic acids is 1. The fourth-order valence-corrected chi connectivity index (χ4v) is 2.48. The van der Waals surface area contributed by atoms with E-state index in [1.165, 1.54) is 37.0 Å². The van der Waals surface area contributed by atoms with Crippen LogP contribution >= 0.6 is 11.3 Å². The zero-order valence-electron chi connectivity index (χ0n) is 11.9. The van der Waals surface area contributed by atoms with Crippen molar-refractivity contribution in [2.45, 2.75) is 58.8 Å². The second-order valence-electron chi connectivity index (χ2n) is 4.53. The summed E-state index contributed by atoms with van der Waals surface area (Å²) in [6.07, 6.45) is 7.61. The Kier molecular flexibility index (Phi) is 8.21. The van der Waals surface area contributed by atoms with Gasteiger partial charge in [0.1, 0.15) is 0 Å². The molecule has 19 heavy (non-hydrogen) atoms. The summed E-state index contributed by atoms with van der Waals surface area (Å²) < 4.78 is 5.11. The number of ether oxygens (including phenoxy) is 1. The van der Waals surface area contributed by atoms with E-state index in [2.05, 4.69) is 17.2 Å². The van der Waals surface area contributed by atoms with Gasteiger partial charge in [-0.05, 0) is 12.8 Å². The second kappa shape index (κ2) is 9.78. The van der Waals surface area contributed by atoms with Crippen molar-refractivity contribution in [3.63, 3.8) is 0 Å². The lowest BCUT2D eigenvalue weighted by Gasteiger charge is -2.04. The Balaban J connectivity index is 2.04. The minimum atomic E-state index is -0.398. The highest BCUT2D eigenvalue weighted by Gasteiger charge is 2.06. The van der Waals surface area contributed by atoms with E-state index >= 15 is 0 Å². The molecule has 0 spiro atoms. The molecule has 1 rings (SSSR count). The molecule has 0 atom stereocenters. The summed E-state index contributed by atoms with van der Waals surface area (Å²) in [6, 6.07) is 0. The van der Waals surface area contributed by atoms with Gasteiger partial charge in [-0.15, -0.1) is 11.3 Å². The SMILES string of the molecule is CCCCCCCCOC(=O)Nc1nc(CC)cs1. The normalized spacial score (nSPS) is 10.4. The van der Waals surface area contributed by atoms with E-state index in [0.29, 0.717) is 11.7 Å². The predicted molar refractivity (Wildman–Crippen MR) is 79.8 cm³/mol. The molecule has 0 aromatic carbocycles. The number of hydrogen-bond acceptors (Lipinski definition) is 4. The number of anilines is 1.